The third kappa shape index (κ3) is 4.47. The summed E-state index contributed by atoms with van der Waals surface area (Å²) in [7, 11) is 4.17. The number of hydrogen-bond donors (Lipinski definition) is 0. The van der Waals surface area contributed by atoms with Gasteiger partial charge < -0.3 is 14.5 Å². The smallest absolute Gasteiger partial charge is 0.189 e. The zero-order chi connectivity index (χ0) is 21.9. The van der Waals surface area contributed by atoms with E-state index in [0.717, 1.165) is 38.3 Å². The second-order valence-electron chi connectivity index (χ2n) is 9.54. The minimum atomic E-state index is 0.795. The predicted molar refractivity (Wildman–Crippen MR) is 133 cm³/mol. The SMILES string of the molecule is CN(C)c1ccc(-c2c[n+]3c(c4cc(OCCCN5CCCCC5)ccc24)CCC3)cc1. The van der Waals surface area contributed by atoms with Crippen molar-refractivity contribution in [2.45, 2.75) is 45.1 Å². The summed E-state index contributed by atoms with van der Waals surface area (Å²) in [6.45, 7) is 5.58. The lowest BCUT2D eigenvalue weighted by atomic mass is 9.98. The van der Waals surface area contributed by atoms with Crippen LogP contribution in [-0.4, -0.2) is 45.2 Å². The Morgan fingerprint density at radius 1 is 0.938 bits per heavy atom. The number of piperidine rings is 1. The number of hydrogen-bond acceptors (Lipinski definition) is 3. The van der Waals surface area contributed by atoms with Gasteiger partial charge in [0.1, 0.15) is 12.3 Å². The van der Waals surface area contributed by atoms with E-state index < -0.39 is 0 Å². The lowest BCUT2D eigenvalue weighted by Crippen LogP contribution is -2.33. The highest BCUT2D eigenvalue weighted by Crippen LogP contribution is 2.34. The van der Waals surface area contributed by atoms with Crippen LogP contribution in [0.15, 0.2) is 48.7 Å². The molecular weight excluding hydrogens is 394 g/mol. The third-order valence-electron chi connectivity index (χ3n) is 7.07. The minimum Gasteiger partial charge on any atom is -0.494 e. The molecule has 0 atom stereocenters. The Morgan fingerprint density at radius 2 is 1.75 bits per heavy atom. The van der Waals surface area contributed by atoms with Gasteiger partial charge in [0.15, 0.2) is 11.9 Å². The van der Waals surface area contributed by atoms with E-state index in [-0.39, 0.29) is 0 Å². The molecule has 0 spiro atoms. The first-order valence-corrected chi connectivity index (χ1v) is 12.3. The number of anilines is 1. The highest BCUT2D eigenvalue weighted by Gasteiger charge is 2.25. The second kappa shape index (κ2) is 9.50. The van der Waals surface area contributed by atoms with Crippen LogP contribution >= 0.6 is 0 Å². The van der Waals surface area contributed by atoms with E-state index in [9.17, 15) is 0 Å². The summed E-state index contributed by atoms with van der Waals surface area (Å²) in [5, 5.41) is 2.68. The maximum atomic E-state index is 6.21. The van der Waals surface area contributed by atoms with Gasteiger partial charge in [-0.25, -0.2) is 4.57 Å². The van der Waals surface area contributed by atoms with Crippen LogP contribution in [0.4, 0.5) is 5.69 Å². The lowest BCUT2D eigenvalue weighted by Gasteiger charge is -2.26. The highest BCUT2D eigenvalue weighted by atomic mass is 16.5. The zero-order valence-electron chi connectivity index (χ0n) is 19.6. The largest absolute Gasteiger partial charge is 0.494 e. The van der Waals surface area contributed by atoms with Crippen molar-refractivity contribution in [1.29, 1.82) is 0 Å². The first kappa shape index (κ1) is 21.3. The highest BCUT2D eigenvalue weighted by molar-refractivity contribution is 5.97. The maximum absolute atomic E-state index is 6.21. The van der Waals surface area contributed by atoms with E-state index in [1.54, 1.807) is 0 Å². The molecular formula is C28H36N3O+. The van der Waals surface area contributed by atoms with Gasteiger partial charge in [-0.15, -0.1) is 0 Å². The molecule has 1 saturated heterocycles. The van der Waals surface area contributed by atoms with Crippen molar-refractivity contribution >= 4 is 16.5 Å². The van der Waals surface area contributed by atoms with Gasteiger partial charge >= 0.3 is 0 Å². The number of ether oxygens (including phenoxy) is 1. The number of fused-ring (bicyclic) bond motifs is 3. The summed E-state index contributed by atoms with van der Waals surface area (Å²) in [5.41, 5.74) is 5.27. The molecule has 0 saturated carbocycles. The summed E-state index contributed by atoms with van der Waals surface area (Å²) in [6, 6.07) is 15.6. The molecule has 0 N–H and O–H groups in total. The quantitative estimate of drug-likeness (QED) is 0.386. The molecule has 4 heteroatoms. The van der Waals surface area contributed by atoms with Gasteiger partial charge in [-0.05, 0) is 68.2 Å². The van der Waals surface area contributed by atoms with Crippen LogP contribution in [0.1, 0.15) is 37.8 Å². The average molecular weight is 431 g/mol. The van der Waals surface area contributed by atoms with Crippen molar-refractivity contribution < 1.29 is 9.30 Å². The molecule has 2 aliphatic rings. The van der Waals surface area contributed by atoms with E-state index in [1.807, 2.05) is 0 Å². The molecule has 1 fully saturated rings. The standard InChI is InChI=1S/C28H36N3O/c1-29(2)23-11-9-22(10-12-23)27-21-31-18-6-8-28(31)26-20-24(13-14-25(26)27)32-19-7-17-30-15-4-3-5-16-30/h9-14,20-21H,3-8,15-19H2,1-2H3/q+1. The van der Waals surface area contributed by atoms with Gasteiger partial charge in [-0.3, -0.25) is 0 Å². The number of likely N-dealkylation sites (tertiary alicyclic amines) is 1. The normalized spacial score (nSPS) is 16.3. The summed E-state index contributed by atoms with van der Waals surface area (Å²) < 4.78 is 8.67. The van der Waals surface area contributed by atoms with Crippen molar-refractivity contribution in [3.63, 3.8) is 0 Å². The fraction of sp³-hybridized carbons (Fsp3) is 0.464. The van der Waals surface area contributed by atoms with Crippen molar-refractivity contribution in [1.82, 2.24) is 4.90 Å². The number of aromatic nitrogens is 1. The van der Waals surface area contributed by atoms with E-state index in [4.69, 9.17) is 4.74 Å². The Hall–Kier alpha value is -2.59. The maximum Gasteiger partial charge on any atom is 0.189 e. The van der Waals surface area contributed by atoms with Gasteiger partial charge in [-0.1, -0.05) is 18.6 Å². The molecule has 32 heavy (non-hydrogen) atoms. The average Bonchev–Trinajstić information content (AvgIpc) is 3.31. The van der Waals surface area contributed by atoms with Crippen molar-refractivity contribution in [2.75, 3.05) is 45.2 Å². The Labute approximate surface area is 192 Å². The summed E-state index contributed by atoms with van der Waals surface area (Å²) in [6.07, 6.45) is 9.93. The van der Waals surface area contributed by atoms with Crippen LogP contribution in [-0.2, 0) is 13.0 Å². The molecule has 0 radical (unpaired) electrons. The molecule has 1 aromatic heterocycles. The predicted octanol–water partition coefficient (Wildman–Crippen LogP) is 5.06. The Bertz CT molecular complexity index is 1070. The van der Waals surface area contributed by atoms with Crippen LogP contribution in [0.5, 0.6) is 5.75 Å². The fourth-order valence-corrected chi connectivity index (χ4v) is 5.27. The summed E-state index contributed by atoms with van der Waals surface area (Å²) in [4.78, 5) is 4.73. The van der Waals surface area contributed by atoms with Gasteiger partial charge in [0.05, 0.1) is 17.6 Å². The molecule has 5 rings (SSSR count). The van der Waals surface area contributed by atoms with Gasteiger partial charge in [-0.2, -0.15) is 0 Å². The van der Waals surface area contributed by atoms with Crippen LogP contribution < -0.4 is 14.2 Å². The molecule has 168 valence electrons. The Morgan fingerprint density at radius 3 is 2.53 bits per heavy atom. The lowest BCUT2D eigenvalue weighted by molar-refractivity contribution is -0.688. The number of nitrogens with zero attached hydrogens (tertiary/aromatic N) is 3. The van der Waals surface area contributed by atoms with Gasteiger partial charge in [0.25, 0.3) is 0 Å². The van der Waals surface area contributed by atoms with Crippen molar-refractivity contribution in [3.05, 3.63) is 54.4 Å². The van der Waals surface area contributed by atoms with Crippen molar-refractivity contribution in [3.8, 4) is 16.9 Å². The van der Waals surface area contributed by atoms with Gasteiger partial charge in [0.2, 0.25) is 0 Å². The number of pyridine rings is 1. The molecule has 2 aliphatic heterocycles. The zero-order valence-corrected chi connectivity index (χ0v) is 19.6. The number of benzene rings is 2. The van der Waals surface area contributed by atoms with E-state index in [1.165, 1.54) is 72.1 Å². The topological polar surface area (TPSA) is 19.6 Å². The fourth-order valence-electron chi connectivity index (χ4n) is 5.27. The van der Waals surface area contributed by atoms with Crippen LogP contribution in [0.3, 0.4) is 0 Å². The van der Waals surface area contributed by atoms with Crippen LogP contribution in [0, 0.1) is 0 Å². The van der Waals surface area contributed by atoms with Crippen LogP contribution in [0.25, 0.3) is 21.9 Å². The summed E-state index contributed by atoms with van der Waals surface area (Å²) >= 11 is 0. The molecule has 0 aliphatic carbocycles. The van der Waals surface area contributed by atoms with Crippen LogP contribution in [0.2, 0.25) is 0 Å². The molecule has 3 aromatic rings. The Balaban J connectivity index is 1.37. The Kier molecular flexibility index (Phi) is 6.31. The molecule has 0 amide bonds. The monoisotopic (exact) mass is 430 g/mol. The first-order valence-electron chi connectivity index (χ1n) is 12.3. The summed E-state index contributed by atoms with van der Waals surface area (Å²) in [5.74, 6) is 1.01. The number of aryl methyl sites for hydroxylation is 2. The molecule has 4 nitrogen and oxygen atoms in total. The molecule has 2 aromatic carbocycles. The van der Waals surface area contributed by atoms with E-state index in [2.05, 4.69) is 77.1 Å². The second-order valence-corrected chi connectivity index (χ2v) is 9.54. The van der Waals surface area contributed by atoms with Gasteiger partial charge in [0, 0.05) is 44.6 Å². The molecule has 0 bridgehead atoms. The van der Waals surface area contributed by atoms with Crippen molar-refractivity contribution in [2.24, 2.45) is 0 Å². The molecule has 3 heterocycles. The van der Waals surface area contributed by atoms with E-state index in [0.29, 0.717) is 0 Å². The molecule has 0 unspecified atom stereocenters. The first-order chi connectivity index (χ1) is 15.7. The number of rotatable bonds is 7. The third-order valence-corrected chi connectivity index (χ3v) is 7.07. The minimum absolute atomic E-state index is 0.795. The van der Waals surface area contributed by atoms with E-state index >= 15 is 0 Å².